The summed E-state index contributed by atoms with van der Waals surface area (Å²) in [7, 11) is 0. The molecule has 0 saturated carbocycles. The number of phenolic OH excluding ortho intramolecular Hbond substituents is 1. The van der Waals surface area contributed by atoms with E-state index in [4.69, 9.17) is 0 Å². The Balaban J connectivity index is 1.40. The molecule has 2 heterocycles. The lowest BCUT2D eigenvalue weighted by Crippen LogP contribution is -2.46. The Hall–Kier alpha value is -2.67. The highest BCUT2D eigenvalue weighted by Crippen LogP contribution is 2.23. The molecular formula is C19H21N5OS. The van der Waals surface area contributed by atoms with Crippen LogP contribution in [0.5, 0.6) is 5.75 Å². The highest BCUT2D eigenvalue weighted by molar-refractivity contribution is 7.98. The second-order valence-corrected chi connectivity index (χ2v) is 6.96. The third kappa shape index (κ3) is 3.48. The van der Waals surface area contributed by atoms with Crippen LogP contribution in [0.2, 0.25) is 0 Å². The third-order valence-corrected chi connectivity index (χ3v) is 5.18. The number of rotatable bonds is 4. The van der Waals surface area contributed by atoms with Gasteiger partial charge in [-0.25, -0.2) is 9.67 Å². The van der Waals surface area contributed by atoms with Crippen molar-refractivity contribution >= 4 is 23.1 Å². The van der Waals surface area contributed by atoms with Gasteiger partial charge < -0.3 is 14.9 Å². The molecule has 134 valence electrons. The van der Waals surface area contributed by atoms with Gasteiger partial charge in [-0.15, -0.1) is 5.10 Å². The van der Waals surface area contributed by atoms with Crippen molar-refractivity contribution < 1.29 is 5.11 Å². The first-order chi connectivity index (χ1) is 12.7. The van der Waals surface area contributed by atoms with E-state index in [1.807, 2.05) is 18.4 Å². The molecule has 0 radical (unpaired) electrons. The van der Waals surface area contributed by atoms with Gasteiger partial charge in [0.25, 0.3) is 0 Å². The van der Waals surface area contributed by atoms with Crippen molar-refractivity contribution in [1.29, 1.82) is 0 Å². The Kier molecular flexibility index (Phi) is 4.71. The zero-order valence-corrected chi connectivity index (χ0v) is 15.4. The van der Waals surface area contributed by atoms with Crippen LogP contribution in [0.25, 0.3) is 5.69 Å². The molecule has 7 heteroatoms. The highest BCUT2D eigenvalue weighted by atomic mass is 32.2. The van der Waals surface area contributed by atoms with Crippen molar-refractivity contribution in [2.24, 2.45) is 0 Å². The van der Waals surface area contributed by atoms with Crippen LogP contribution in [0.3, 0.4) is 0 Å². The average molecular weight is 367 g/mol. The van der Waals surface area contributed by atoms with Crippen LogP contribution in [-0.2, 0) is 0 Å². The van der Waals surface area contributed by atoms with E-state index >= 15 is 0 Å². The molecule has 0 bridgehead atoms. The summed E-state index contributed by atoms with van der Waals surface area (Å²) in [6, 6.07) is 15.9. The second-order valence-electron chi connectivity index (χ2n) is 6.18. The zero-order chi connectivity index (χ0) is 17.9. The summed E-state index contributed by atoms with van der Waals surface area (Å²) in [5.41, 5.74) is 3.40. The molecule has 1 fully saturated rings. The summed E-state index contributed by atoms with van der Waals surface area (Å²) in [4.78, 5) is 9.00. The molecule has 0 spiro atoms. The van der Waals surface area contributed by atoms with Gasteiger partial charge in [-0.2, -0.15) is 0 Å². The fraction of sp³-hybridized carbons (Fsp3) is 0.263. The molecule has 1 aliphatic rings. The number of phenols is 1. The number of piperazine rings is 1. The Labute approximate surface area is 157 Å². The fourth-order valence-electron chi connectivity index (χ4n) is 3.17. The molecule has 4 rings (SSSR count). The lowest BCUT2D eigenvalue weighted by Gasteiger charge is -2.37. The van der Waals surface area contributed by atoms with Crippen LogP contribution in [0.1, 0.15) is 0 Å². The normalized spacial score (nSPS) is 14.7. The van der Waals surface area contributed by atoms with Crippen molar-refractivity contribution in [3.8, 4) is 11.4 Å². The van der Waals surface area contributed by atoms with Gasteiger partial charge in [-0.3, -0.25) is 0 Å². The Morgan fingerprint density at radius 1 is 0.808 bits per heavy atom. The van der Waals surface area contributed by atoms with Crippen LogP contribution in [0.15, 0.2) is 60.0 Å². The van der Waals surface area contributed by atoms with E-state index in [1.54, 1.807) is 23.1 Å². The molecule has 0 aliphatic carbocycles. The molecule has 1 saturated heterocycles. The molecule has 2 aromatic carbocycles. The van der Waals surface area contributed by atoms with Crippen LogP contribution >= 0.6 is 11.8 Å². The van der Waals surface area contributed by atoms with Crippen molar-refractivity contribution in [2.75, 3.05) is 42.2 Å². The van der Waals surface area contributed by atoms with Crippen molar-refractivity contribution in [2.45, 2.75) is 5.16 Å². The number of hydrogen-bond acceptors (Lipinski definition) is 6. The number of aromatic hydroxyl groups is 1. The Bertz CT molecular complexity index is 854. The summed E-state index contributed by atoms with van der Waals surface area (Å²) < 4.78 is 1.80. The fourth-order valence-corrected chi connectivity index (χ4v) is 3.49. The number of hydrogen-bond donors (Lipinski definition) is 1. The van der Waals surface area contributed by atoms with Crippen LogP contribution in [0.4, 0.5) is 11.4 Å². The van der Waals surface area contributed by atoms with E-state index in [-0.39, 0.29) is 0 Å². The van der Waals surface area contributed by atoms with Crippen molar-refractivity contribution in [1.82, 2.24) is 14.8 Å². The molecule has 3 aromatic rings. The molecule has 1 N–H and O–H groups in total. The number of anilines is 2. The van der Waals surface area contributed by atoms with Gasteiger partial charge in [0.2, 0.25) is 5.16 Å². The number of thioether (sulfide) groups is 1. The highest BCUT2D eigenvalue weighted by Gasteiger charge is 2.17. The first kappa shape index (κ1) is 16.8. The molecular weight excluding hydrogens is 346 g/mol. The maximum Gasteiger partial charge on any atom is 0.208 e. The first-order valence-electron chi connectivity index (χ1n) is 8.58. The Morgan fingerprint density at radius 2 is 1.31 bits per heavy atom. The zero-order valence-electron chi connectivity index (χ0n) is 14.6. The number of aromatic nitrogens is 3. The van der Waals surface area contributed by atoms with Gasteiger partial charge in [0.05, 0.1) is 5.69 Å². The van der Waals surface area contributed by atoms with E-state index in [0.717, 1.165) is 42.7 Å². The number of benzene rings is 2. The quantitative estimate of drug-likeness (QED) is 0.716. The monoisotopic (exact) mass is 367 g/mol. The van der Waals surface area contributed by atoms with E-state index in [1.165, 1.54) is 17.4 Å². The second kappa shape index (κ2) is 7.29. The maximum atomic E-state index is 9.43. The van der Waals surface area contributed by atoms with Gasteiger partial charge in [0.1, 0.15) is 12.1 Å². The van der Waals surface area contributed by atoms with Crippen molar-refractivity contribution in [3.05, 3.63) is 54.9 Å². The molecule has 0 amide bonds. The average Bonchev–Trinajstić information content (AvgIpc) is 3.18. The van der Waals surface area contributed by atoms with E-state index in [2.05, 4.69) is 44.1 Å². The SMILES string of the molecule is CSc1ncn(-c2ccc(N3CCN(c4ccc(O)cc4)CC3)cc2)n1. The summed E-state index contributed by atoms with van der Waals surface area (Å²) >= 11 is 1.54. The van der Waals surface area contributed by atoms with Gasteiger partial charge in [-0.1, -0.05) is 11.8 Å². The molecule has 1 aromatic heterocycles. The topological polar surface area (TPSA) is 57.4 Å². The third-order valence-electron chi connectivity index (χ3n) is 4.63. The summed E-state index contributed by atoms with van der Waals surface area (Å²) in [5.74, 6) is 0.310. The molecule has 0 atom stereocenters. The lowest BCUT2D eigenvalue weighted by atomic mass is 10.2. The smallest absolute Gasteiger partial charge is 0.208 e. The van der Waals surface area contributed by atoms with Crippen LogP contribution in [0, 0.1) is 0 Å². The van der Waals surface area contributed by atoms with Gasteiger partial charge in [0.15, 0.2) is 0 Å². The standard InChI is InChI=1S/C19H21N5OS/c1-26-19-20-14-24(21-19)17-4-2-15(3-5-17)22-10-12-23(13-11-22)16-6-8-18(25)9-7-16/h2-9,14,25H,10-13H2,1H3. The first-order valence-corrected chi connectivity index (χ1v) is 9.80. The minimum absolute atomic E-state index is 0.310. The van der Waals surface area contributed by atoms with E-state index in [0.29, 0.717) is 5.75 Å². The summed E-state index contributed by atoms with van der Waals surface area (Å²) in [6.45, 7) is 3.87. The van der Waals surface area contributed by atoms with Crippen molar-refractivity contribution in [3.63, 3.8) is 0 Å². The predicted molar refractivity (Wildman–Crippen MR) is 106 cm³/mol. The van der Waals surface area contributed by atoms with E-state index in [9.17, 15) is 5.11 Å². The maximum absolute atomic E-state index is 9.43. The van der Waals surface area contributed by atoms with Gasteiger partial charge in [-0.05, 0) is 54.8 Å². The Morgan fingerprint density at radius 3 is 1.81 bits per heavy atom. The molecule has 0 unspecified atom stereocenters. The minimum atomic E-state index is 0.310. The van der Waals surface area contributed by atoms with Crippen LogP contribution < -0.4 is 9.80 Å². The number of nitrogens with zero attached hydrogens (tertiary/aromatic N) is 5. The molecule has 6 nitrogen and oxygen atoms in total. The van der Waals surface area contributed by atoms with Crippen LogP contribution in [-0.4, -0.2) is 52.3 Å². The van der Waals surface area contributed by atoms with Gasteiger partial charge >= 0.3 is 0 Å². The molecule has 26 heavy (non-hydrogen) atoms. The lowest BCUT2D eigenvalue weighted by molar-refractivity contribution is 0.475. The van der Waals surface area contributed by atoms with E-state index < -0.39 is 0 Å². The summed E-state index contributed by atoms with van der Waals surface area (Å²) in [6.07, 6.45) is 3.72. The largest absolute Gasteiger partial charge is 0.508 e. The predicted octanol–water partition coefficient (Wildman–Crippen LogP) is 3.02. The molecule has 1 aliphatic heterocycles. The van der Waals surface area contributed by atoms with Gasteiger partial charge in [0, 0.05) is 37.6 Å². The summed E-state index contributed by atoms with van der Waals surface area (Å²) in [5, 5.41) is 14.6. The minimum Gasteiger partial charge on any atom is -0.508 e.